The van der Waals surface area contributed by atoms with E-state index in [4.69, 9.17) is 23.7 Å². The maximum absolute atomic E-state index is 14.3. The lowest BCUT2D eigenvalue weighted by Gasteiger charge is -2.63. The summed E-state index contributed by atoms with van der Waals surface area (Å²) in [5.74, 6) is -3.14. The van der Waals surface area contributed by atoms with Crippen LogP contribution in [0.15, 0.2) is 0 Å². The molecular formula is C47H86O11. The van der Waals surface area contributed by atoms with Gasteiger partial charge in [-0.15, -0.1) is 0 Å². The molecule has 1 aliphatic heterocycles. The Labute approximate surface area is 352 Å². The summed E-state index contributed by atoms with van der Waals surface area (Å²) >= 11 is 0. The van der Waals surface area contributed by atoms with Crippen LogP contribution in [0.5, 0.6) is 0 Å². The van der Waals surface area contributed by atoms with Gasteiger partial charge in [-0.3, -0.25) is 19.2 Å². The molecule has 0 aromatic heterocycles. The minimum atomic E-state index is -1.12. The average Bonchev–Trinajstić information content (AvgIpc) is 2.99. The van der Waals surface area contributed by atoms with Gasteiger partial charge in [-0.1, -0.05) is 58.4 Å². The molecule has 11 heteroatoms. The molecule has 9 fully saturated rings. The lowest BCUT2D eigenvalue weighted by Crippen LogP contribution is -2.66. The predicted octanol–water partition coefficient (Wildman–Crippen LogP) is 9.90. The Morgan fingerprint density at radius 2 is 1.26 bits per heavy atom. The lowest BCUT2D eigenvalue weighted by atomic mass is 9.46. The van der Waals surface area contributed by atoms with Crippen LogP contribution in [-0.2, 0) is 42.9 Å². The minimum Gasteiger partial charge on any atom is -0.460 e. The third kappa shape index (κ3) is 11.2. The van der Waals surface area contributed by atoms with E-state index in [1.54, 1.807) is 6.92 Å². The molecule has 8 bridgehead atoms. The maximum Gasteiger partial charge on any atom is 0.312 e. The van der Waals surface area contributed by atoms with E-state index < -0.39 is 75.4 Å². The molecule has 0 radical (unpaired) electrons. The van der Waals surface area contributed by atoms with E-state index in [2.05, 4.69) is 0 Å². The van der Waals surface area contributed by atoms with Gasteiger partial charge in [0.25, 0.3) is 0 Å². The molecule has 1 saturated heterocycles. The van der Waals surface area contributed by atoms with Crippen molar-refractivity contribution >= 4 is 23.9 Å². The zero-order chi connectivity index (χ0) is 37.3. The van der Waals surface area contributed by atoms with Crippen LogP contribution < -0.4 is 0 Å². The van der Waals surface area contributed by atoms with E-state index in [-0.39, 0.29) is 75.7 Å². The van der Waals surface area contributed by atoms with Crippen molar-refractivity contribution in [3.05, 3.63) is 0 Å². The van der Waals surface area contributed by atoms with Gasteiger partial charge in [0.15, 0.2) is 0 Å². The summed E-state index contributed by atoms with van der Waals surface area (Å²) in [6, 6.07) is 0. The molecule has 8 saturated carbocycles. The van der Waals surface area contributed by atoms with Crippen LogP contribution in [0, 0.1) is 40.9 Å². The van der Waals surface area contributed by atoms with E-state index >= 15 is 0 Å². The third-order valence-corrected chi connectivity index (χ3v) is 13.6. The van der Waals surface area contributed by atoms with E-state index in [1.807, 2.05) is 27.7 Å². The Morgan fingerprint density at radius 3 is 1.81 bits per heavy atom. The van der Waals surface area contributed by atoms with Crippen molar-refractivity contribution in [3.63, 3.8) is 0 Å². The number of hydrogen-bond donors (Lipinski definition) is 2. The highest BCUT2D eigenvalue weighted by Gasteiger charge is 2.68. The smallest absolute Gasteiger partial charge is 0.312 e. The fraction of sp³-hybridized carbons (Fsp3) is 0.915. The summed E-state index contributed by atoms with van der Waals surface area (Å²) in [6.07, 6.45) is 9.58. The number of carbonyl (C=O) groups excluding carboxylic acids is 4. The van der Waals surface area contributed by atoms with E-state index in [9.17, 15) is 29.4 Å². The number of aliphatic hydroxyl groups is 2. The molecule has 0 aromatic carbocycles. The summed E-state index contributed by atoms with van der Waals surface area (Å²) in [5, 5.41) is 23.1. The van der Waals surface area contributed by atoms with Crippen LogP contribution in [0.3, 0.4) is 0 Å². The topological polar surface area (TPSA) is 155 Å². The molecule has 9 aliphatic rings. The Morgan fingerprint density at radius 1 is 0.690 bits per heavy atom. The van der Waals surface area contributed by atoms with Crippen LogP contribution in [0.2, 0.25) is 0 Å². The van der Waals surface area contributed by atoms with Crippen LogP contribution in [0.1, 0.15) is 195 Å². The molecule has 9 rings (SSSR count). The predicted molar refractivity (Wildman–Crippen MR) is 227 cm³/mol. The highest BCUT2D eigenvalue weighted by Crippen LogP contribution is 2.65. The molecule has 0 aromatic rings. The summed E-state index contributed by atoms with van der Waals surface area (Å²) in [7, 11) is 0. The Kier molecular flexibility index (Phi) is 17.8. The molecular weight excluding hydrogens is 741 g/mol. The quantitative estimate of drug-likeness (QED) is 0.143. The lowest BCUT2D eigenvalue weighted by molar-refractivity contribution is -0.252. The zero-order valence-corrected chi connectivity index (χ0v) is 32.0. The monoisotopic (exact) mass is 827 g/mol. The number of rotatable bonds is 12. The highest BCUT2D eigenvalue weighted by atomic mass is 16.7. The van der Waals surface area contributed by atoms with Gasteiger partial charge in [0, 0.05) is 25.7 Å². The Bertz CT molecular complexity index is 1400. The van der Waals surface area contributed by atoms with Gasteiger partial charge < -0.3 is 33.9 Å². The summed E-state index contributed by atoms with van der Waals surface area (Å²) in [4.78, 5) is 55.5. The van der Waals surface area contributed by atoms with Crippen LogP contribution in [0.25, 0.3) is 0 Å². The summed E-state index contributed by atoms with van der Waals surface area (Å²) in [6.45, 7) is 9.66. The first-order valence-corrected chi connectivity index (χ1v) is 20.3. The Hall–Kier alpha value is -2.24. The van der Waals surface area contributed by atoms with Crippen LogP contribution in [0.4, 0.5) is 0 Å². The first kappa shape index (κ1) is 53.8. The van der Waals surface area contributed by atoms with E-state index in [1.165, 1.54) is 0 Å². The van der Waals surface area contributed by atoms with Crippen molar-refractivity contribution < 1.29 is 53.1 Å². The first-order valence-electron chi connectivity index (χ1n) is 20.3. The summed E-state index contributed by atoms with van der Waals surface area (Å²) < 4.78 is 30.1. The number of carbonyl (C=O) groups is 4. The number of esters is 4. The third-order valence-electron chi connectivity index (χ3n) is 13.6. The van der Waals surface area contributed by atoms with Crippen LogP contribution >= 0.6 is 0 Å². The summed E-state index contributed by atoms with van der Waals surface area (Å²) in [5.41, 5.74) is -5.28. The average molecular weight is 827 g/mol. The maximum atomic E-state index is 14.3. The van der Waals surface area contributed by atoms with Gasteiger partial charge in [0.05, 0.1) is 41.0 Å². The normalized spacial score (nSPS) is 37.6. The Balaban J connectivity index is 0.00000280. The SMILES string of the molecule is C.C.C.C.C.C.CCC(CC(CC(C)C(=O)OC1CCCCO1)C(=O)OC12CC3CC(CC(O)(C3)C1)C2)C(=O)OC12CC3CC(O)(C1)CC(C(=O)OC(C)(C)C)(C3)C2. The fourth-order valence-corrected chi connectivity index (χ4v) is 12.5. The van der Waals surface area contributed by atoms with Crippen molar-refractivity contribution in [1.29, 1.82) is 0 Å². The standard InChI is InChI=1S/C41H62O11.6CH4/c1-6-29(33(43)51-41-20-28-14-37(22-41,21-39(47,17-28)24-41)35(45)52-36(3,4)5)13-30(11-25(2)32(42)49-31-9-7-8-10-48-31)34(44)50-40-18-26-12-27(19-40)16-38(46,15-26)23-40;;;;;;/h25-31,46-47H,6-24H2,1-5H3;6*1H4. The molecule has 8 aliphatic carbocycles. The van der Waals surface area contributed by atoms with Crippen molar-refractivity contribution in [3.8, 4) is 0 Å². The molecule has 1 heterocycles. The molecule has 10 unspecified atom stereocenters. The molecule has 11 nitrogen and oxygen atoms in total. The van der Waals surface area contributed by atoms with Gasteiger partial charge >= 0.3 is 23.9 Å². The van der Waals surface area contributed by atoms with Gasteiger partial charge in [-0.05, 0) is 128 Å². The largest absolute Gasteiger partial charge is 0.460 e. The second-order valence-electron chi connectivity index (χ2n) is 19.8. The molecule has 2 N–H and O–H groups in total. The van der Waals surface area contributed by atoms with Crippen molar-refractivity contribution in [2.75, 3.05) is 6.61 Å². The van der Waals surface area contributed by atoms with Gasteiger partial charge in [-0.2, -0.15) is 0 Å². The second kappa shape index (κ2) is 19.2. The second-order valence-corrected chi connectivity index (χ2v) is 19.8. The van der Waals surface area contributed by atoms with Crippen molar-refractivity contribution in [1.82, 2.24) is 0 Å². The zero-order valence-electron chi connectivity index (χ0n) is 32.0. The van der Waals surface area contributed by atoms with Gasteiger partial charge in [0.1, 0.15) is 16.8 Å². The number of hydrogen-bond acceptors (Lipinski definition) is 11. The van der Waals surface area contributed by atoms with Gasteiger partial charge in [-0.25, -0.2) is 0 Å². The first-order chi connectivity index (χ1) is 24.3. The van der Waals surface area contributed by atoms with Crippen molar-refractivity contribution in [2.45, 2.75) is 229 Å². The molecule has 0 amide bonds. The van der Waals surface area contributed by atoms with E-state index in [0.717, 1.165) is 44.9 Å². The highest BCUT2D eigenvalue weighted by molar-refractivity contribution is 5.80. The minimum absolute atomic E-state index is 0. The molecule has 340 valence electrons. The van der Waals surface area contributed by atoms with E-state index in [0.29, 0.717) is 69.8 Å². The molecule has 0 spiro atoms. The van der Waals surface area contributed by atoms with Gasteiger partial charge in [0.2, 0.25) is 6.29 Å². The van der Waals surface area contributed by atoms with Crippen molar-refractivity contribution in [2.24, 2.45) is 40.9 Å². The molecule has 58 heavy (non-hydrogen) atoms. The fourth-order valence-electron chi connectivity index (χ4n) is 12.5. The van der Waals surface area contributed by atoms with Crippen LogP contribution in [-0.4, -0.2) is 75.0 Å². The number of ether oxygens (including phenoxy) is 5. The molecule has 10 atom stereocenters.